The monoisotopic (exact) mass is 508 g/mol. The Hall–Kier alpha value is -3.19. The first-order chi connectivity index (χ1) is 16.7. The number of aryl methyl sites for hydroxylation is 1. The zero-order chi connectivity index (χ0) is 24.9. The van der Waals surface area contributed by atoms with Gasteiger partial charge in [-0.25, -0.2) is 4.90 Å². The molecule has 8 heteroatoms. The number of fused-ring (bicyclic) bond motifs is 1. The van der Waals surface area contributed by atoms with Crippen molar-refractivity contribution in [1.29, 1.82) is 0 Å². The average molecular weight is 509 g/mol. The largest absolute Gasteiger partial charge is 0.480 e. The molecule has 4 atom stereocenters. The number of nitrogens with one attached hydrogen (secondary N) is 1. The lowest BCUT2D eigenvalue weighted by molar-refractivity contribution is -0.148. The fraction of sp³-hybridized carbons (Fsp3) is 0.222. The quantitative estimate of drug-likeness (QED) is 0.482. The Labute approximate surface area is 212 Å². The van der Waals surface area contributed by atoms with Crippen LogP contribution in [0, 0.1) is 18.8 Å². The summed E-state index contributed by atoms with van der Waals surface area (Å²) in [5, 5.41) is 14.3. The van der Waals surface area contributed by atoms with E-state index >= 15 is 0 Å². The van der Waals surface area contributed by atoms with Gasteiger partial charge in [-0.1, -0.05) is 83.4 Å². The number of aliphatic carboxylic acids is 1. The van der Waals surface area contributed by atoms with E-state index in [1.54, 1.807) is 6.07 Å². The van der Waals surface area contributed by atoms with E-state index in [-0.39, 0.29) is 17.1 Å². The van der Waals surface area contributed by atoms with Crippen LogP contribution in [0.25, 0.3) is 0 Å². The van der Waals surface area contributed by atoms with E-state index in [1.165, 1.54) is 12.1 Å². The van der Waals surface area contributed by atoms with Crippen LogP contribution in [0.15, 0.2) is 72.8 Å². The van der Waals surface area contributed by atoms with Gasteiger partial charge in [0.2, 0.25) is 11.8 Å². The fourth-order valence-corrected chi connectivity index (χ4v) is 5.81. The lowest BCUT2D eigenvalue weighted by Crippen LogP contribution is -2.57. The van der Waals surface area contributed by atoms with Gasteiger partial charge in [-0.3, -0.25) is 19.7 Å². The van der Waals surface area contributed by atoms with Crippen LogP contribution in [0.2, 0.25) is 10.0 Å². The number of carbonyl (C=O) groups excluding carboxylic acids is 2. The summed E-state index contributed by atoms with van der Waals surface area (Å²) < 4.78 is 0. The Morgan fingerprint density at radius 2 is 1.69 bits per heavy atom. The molecule has 2 aliphatic rings. The molecule has 178 valence electrons. The molecule has 0 unspecified atom stereocenters. The highest BCUT2D eigenvalue weighted by molar-refractivity contribution is 6.38. The molecular weight excluding hydrogens is 487 g/mol. The van der Waals surface area contributed by atoms with Crippen molar-refractivity contribution in [2.75, 3.05) is 4.90 Å². The maximum absolute atomic E-state index is 13.9. The Bertz CT molecular complexity index is 1330. The topological polar surface area (TPSA) is 86.7 Å². The van der Waals surface area contributed by atoms with Crippen molar-refractivity contribution < 1.29 is 19.5 Å². The molecule has 2 amide bonds. The molecule has 2 fully saturated rings. The van der Waals surface area contributed by atoms with Crippen LogP contribution in [-0.4, -0.2) is 28.4 Å². The molecule has 2 heterocycles. The third kappa shape index (κ3) is 3.82. The van der Waals surface area contributed by atoms with Crippen LogP contribution >= 0.6 is 23.2 Å². The lowest BCUT2D eigenvalue weighted by Gasteiger charge is -2.31. The summed E-state index contributed by atoms with van der Waals surface area (Å²) in [4.78, 5) is 41.7. The average Bonchev–Trinajstić information content (AvgIpc) is 3.30. The number of hydrogen-bond donors (Lipinski definition) is 2. The van der Waals surface area contributed by atoms with Crippen LogP contribution < -0.4 is 10.2 Å². The first-order valence-electron chi connectivity index (χ1n) is 11.2. The molecule has 0 bridgehead atoms. The number of carbonyl (C=O) groups is 3. The van der Waals surface area contributed by atoms with Crippen LogP contribution in [0.4, 0.5) is 5.69 Å². The second-order valence-corrected chi connectivity index (χ2v) is 9.93. The maximum Gasteiger partial charge on any atom is 0.325 e. The Balaban J connectivity index is 1.67. The molecule has 6 nitrogen and oxygen atoms in total. The molecule has 5 rings (SSSR count). The summed E-state index contributed by atoms with van der Waals surface area (Å²) >= 11 is 12.4. The second-order valence-electron chi connectivity index (χ2n) is 9.08. The molecule has 0 spiro atoms. The number of nitrogens with zero attached hydrogens (tertiary/aromatic N) is 1. The summed E-state index contributed by atoms with van der Waals surface area (Å²) in [5.74, 6) is -4.32. The normalized spacial score (nSPS) is 25.7. The van der Waals surface area contributed by atoms with E-state index in [1.807, 2.05) is 61.5 Å². The predicted octanol–water partition coefficient (Wildman–Crippen LogP) is 4.82. The molecule has 2 N–H and O–H groups in total. The highest BCUT2D eigenvalue weighted by Gasteiger charge is 2.68. The van der Waals surface area contributed by atoms with Gasteiger partial charge in [0.1, 0.15) is 5.54 Å². The third-order valence-electron chi connectivity index (χ3n) is 6.95. The van der Waals surface area contributed by atoms with Gasteiger partial charge in [0, 0.05) is 17.5 Å². The van der Waals surface area contributed by atoms with E-state index in [9.17, 15) is 19.5 Å². The van der Waals surface area contributed by atoms with Gasteiger partial charge in [0.05, 0.1) is 22.5 Å². The van der Waals surface area contributed by atoms with Gasteiger partial charge in [-0.05, 0) is 36.2 Å². The first kappa shape index (κ1) is 23.5. The summed E-state index contributed by atoms with van der Waals surface area (Å²) in [6.45, 7) is 1.94. The van der Waals surface area contributed by atoms with Crippen molar-refractivity contribution in [3.05, 3.63) is 99.5 Å². The highest BCUT2D eigenvalue weighted by atomic mass is 35.5. The van der Waals surface area contributed by atoms with E-state index in [4.69, 9.17) is 23.2 Å². The molecule has 0 aliphatic carbocycles. The highest BCUT2D eigenvalue weighted by Crippen LogP contribution is 2.51. The summed E-state index contributed by atoms with van der Waals surface area (Å²) in [7, 11) is 0. The predicted molar refractivity (Wildman–Crippen MR) is 134 cm³/mol. The van der Waals surface area contributed by atoms with Crippen LogP contribution in [0.3, 0.4) is 0 Å². The maximum atomic E-state index is 13.9. The molecule has 0 radical (unpaired) electrons. The zero-order valence-corrected chi connectivity index (χ0v) is 20.3. The third-order valence-corrected chi connectivity index (χ3v) is 7.49. The molecule has 0 saturated carbocycles. The molecular formula is C27H22Cl2N2O4. The number of carboxylic acid groups (broad SMARTS) is 1. The minimum absolute atomic E-state index is 0.0356. The van der Waals surface area contributed by atoms with E-state index in [0.29, 0.717) is 5.02 Å². The Morgan fingerprint density at radius 3 is 2.31 bits per heavy atom. The van der Waals surface area contributed by atoms with Crippen molar-refractivity contribution in [2.24, 2.45) is 11.8 Å². The summed E-state index contributed by atoms with van der Waals surface area (Å²) in [6.07, 6.45) is 0.0356. The van der Waals surface area contributed by atoms with Gasteiger partial charge >= 0.3 is 5.97 Å². The van der Waals surface area contributed by atoms with E-state index < -0.39 is 41.2 Å². The SMILES string of the molecule is Cc1ccc([C@@H]2N[C@](Cc3ccccc3)(C(=O)O)[C@H]3C(=O)N(c4ccc(Cl)cc4Cl)C(=O)[C@@H]23)cc1. The van der Waals surface area contributed by atoms with Crippen molar-refractivity contribution >= 4 is 46.7 Å². The molecule has 2 aliphatic heterocycles. The minimum Gasteiger partial charge on any atom is -0.480 e. The number of rotatable bonds is 5. The van der Waals surface area contributed by atoms with Gasteiger partial charge in [0.25, 0.3) is 0 Å². The van der Waals surface area contributed by atoms with Crippen LogP contribution in [0.5, 0.6) is 0 Å². The number of benzene rings is 3. The number of anilines is 1. The van der Waals surface area contributed by atoms with Gasteiger partial charge < -0.3 is 5.11 Å². The summed E-state index contributed by atoms with van der Waals surface area (Å²) in [6, 6.07) is 20.5. The summed E-state index contributed by atoms with van der Waals surface area (Å²) in [5.41, 5.74) is 1.02. The van der Waals surface area contributed by atoms with Crippen molar-refractivity contribution in [1.82, 2.24) is 5.32 Å². The number of halogens is 2. The van der Waals surface area contributed by atoms with Crippen LogP contribution in [0.1, 0.15) is 22.7 Å². The van der Waals surface area contributed by atoms with Crippen LogP contribution in [-0.2, 0) is 20.8 Å². The van der Waals surface area contributed by atoms with E-state index in [0.717, 1.165) is 21.6 Å². The smallest absolute Gasteiger partial charge is 0.325 e. The van der Waals surface area contributed by atoms with Crippen molar-refractivity contribution in [2.45, 2.75) is 24.9 Å². The molecule has 3 aromatic rings. The lowest BCUT2D eigenvalue weighted by atomic mass is 9.76. The molecule has 2 saturated heterocycles. The minimum atomic E-state index is -1.69. The van der Waals surface area contributed by atoms with Gasteiger partial charge in [-0.15, -0.1) is 0 Å². The zero-order valence-electron chi connectivity index (χ0n) is 18.7. The first-order valence-corrected chi connectivity index (χ1v) is 11.9. The van der Waals surface area contributed by atoms with Gasteiger partial charge in [0.15, 0.2) is 0 Å². The standard InChI is InChI=1S/C27H22Cl2N2O4/c1-15-7-9-17(10-8-15)23-21-22(27(30-23,26(34)35)14-16-5-3-2-4-6-16)25(33)31(24(21)32)20-12-11-18(28)13-19(20)29/h2-13,21-23,30H,14H2,1H3,(H,34,35)/t21-,22-,23+,27+/m1/s1. The molecule has 0 aromatic heterocycles. The van der Waals surface area contributed by atoms with Crippen molar-refractivity contribution in [3.8, 4) is 0 Å². The number of carboxylic acids is 1. The van der Waals surface area contributed by atoms with E-state index in [2.05, 4.69) is 5.32 Å². The number of hydrogen-bond acceptors (Lipinski definition) is 4. The van der Waals surface area contributed by atoms with Crippen molar-refractivity contribution in [3.63, 3.8) is 0 Å². The number of imide groups is 1. The second kappa shape index (κ2) is 8.79. The molecule has 3 aromatic carbocycles. The Kier molecular flexibility index (Phi) is 5.91. The molecule has 35 heavy (non-hydrogen) atoms. The Morgan fingerprint density at radius 1 is 1.00 bits per heavy atom. The number of amides is 2. The van der Waals surface area contributed by atoms with Gasteiger partial charge in [-0.2, -0.15) is 0 Å². The fourth-order valence-electron chi connectivity index (χ4n) is 5.32.